The zero-order valence-corrected chi connectivity index (χ0v) is 16.9. The first-order chi connectivity index (χ1) is 14.3. The molecule has 0 bridgehead atoms. The highest BCUT2D eigenvalue weighted by molar-refractivity contribution is 7.08. The summed E-state index contributed by atoms with van der Waals surface area (Å²) in [5.41, 5.74) is 2.05. The SMILES string of the molecule is O=C(C[C@H](c1ccsc1)n1cccc1)N1CCC[C@@H](c2nnc3ccccn23)C1. The molecular formula is C22H23N5OS. The standard InChI is InChI=1S/C22H23N5OS/c28-21(14-19(18-8-13-29-16-18)25-9-3-4-10-25)26-11-5-6-17(15-26)22-24-23-20-7-1-2-12-27(20)22/h1-4,7-10,12-13,16-17,19H,5-6,11,14-15H2/t17-,19-/m1/s1. The monoisotopic (exact) mass is 405 g/mol. The summed E-state index contributed by atoms with van der Waals surface area (Å²) >= 11 is 1.67. The van der Waals surface area contributed by atoms with Crippen molar-refractivity contribution in [1.82, 2.24) is 24.1 Å². The predicted octanol–water partition coefficient (Wildman–Crippen LogP) is 3.98. The molecule has 4 aromatic heterocycles. The van der Waals surface area contributed by atoms with Crippen LogP contribution in [0, 0.1) is 0 Å². The van der Waals surface area contributed by atoms with Crippen molar-refractivity contribution in [3.63, 3.8) is 0 Å². The molecular weight excluding hydrogens is 382 g/mol. The number of nitrogens with zero attached hydrogens (tertiary/aromatic N) is 5. The normalized spacial score (nSPS) is 18.2. The summed E-state index contributed by atoms with van der Waals surface area (Å²) < 4.78 is 4.18. The van der Waals surface area contributed by atoms with Crippen LogP contribution in [-0.4, -0.2) is 43.1 Å². The van der Waals surface area contributed by atoms with Gasteiger partial charge in [0.1, 0.15) is 5.82 Å². The number of likely N-dealkylation sites (tertiary alicyclic amines) is 1. The Balaban J connectivity index is 1.34. The van der Waals surface area contributed by atoms with E-state index < -0.39 is 0 Å². The zero-order valence-electron chi connectivity index (χ0n) is 16.1. The molecule has 7 heteroatoms. The van der Waals surface area contributed by atoms with Gasteiger partial charge in [-0.15, -0.1) is 10.2 Å². The van der Waals surface area contributed by atoms with Gasteiger partial charge in [-0.1, -0.05) is 6.07 Å². The van der Waals surface area contributed by atoms with Crippen molar-refractivity contribution in [3.8, 4) is 0 Å². The van der Waals surface area contributed by atoms with Crippen molar-refractivity contribution >= 4 is 22.9 Å². The molecule has 0 radical (unpaired) electrons. The van der Waals surface area contributed by atoms with Crippen LogP contribution in [0.4, 0.5) is 0 Å². The quantitative estimate of drug-likeness (QED) is 0.505. The lowest BCUT2D eigenvalue weighted by Gasteiger charge is -2.33. The number of hydrogen-bond acceptors (Lipinski definition) is 4. The molecule has 5 rings (SSSR count). The third-order valence-corrected chi connectivity index (χ3v) is 6.46. The highest BCUT2D eigenvalue weighted by Gasteiger charge is 2.29. The Bertz CT molecular complexity index is 1050. The number of aromatic nitrogens is 4. The van der Waals surface area contributed by atoms with Crippen LogP contribution in [0.15, 0.2) is 65.7 Å². The molecule has 1 aliphatic heterocycles. The van der Waals surface area contributed by atoms with Gasteiger partial charge in [-0.05, 0) is 59.5 Å². The number of thiophene rings is 1. The molecule has 0 aromatic carbocycles. The van der Waals surface area contributed by atoms with Crippen LogP contribution in [0.3, 0.4) is 0 Å². The van der Waals surface area contributed by atoms with Gasteiger partial charge in [-0.2, -0.15) is 11.3 Å². The van der Waals surface area contributed by atoms with Gasteiger partial charge in [0.15, 0.2) is 5.65 Å². The van der Waals surface area contributed by atoms with E-state index in [1.54, 1.807) is 11.3 Å². The average Bonchev–Trinajstić information content (AvgIpc) is 3.54. The minimum Gasteiger partial charge on any atom is -0.346 e. The van der Waals surface area contributed by atoms with Gasteiger partial charge in [-0.3, -0.25) is 9.20 Å². The van der Waals surface area contributed by atoms with Gasteiger partial charge < -0.3 is 9.47 Å². The third-order valence-electron chi connectivity index (χ3n) is 5.76. The first kappa shape index (κ1) is 18.1. The Hall–Kier alpha value is -2.93. The van der Waals surface area contributed by atoms with Crippen LogP contribution in [0.5, 0.6) is 0 Å². The van der Waals surface area contributed by atoms with E-state index >= 15 is 0 Å². The van der Waals surface area contributed by atoms with E-state index in [9.17, 15) is 4.79 Å². The maximum atomic E-state index is 13.3. The molecule has 148 valence electrons. The minimum atomic E-state index is 0.0399. The van der Waals surface area contributed by atoms with E-state index in [1.165, 1.54) is 5.56 Å². The topological polar surface area (TPSA) is 55.4 Å². The van der Waals surface area contributed by atoms with Crippen molar-refractivity contribution in [1.29, 1.82) is 0 Å². The summed E-state index contributed by atoms with van der Waals surface area (Å²) in [7, 11) is 0. The molecule has 1 fully saturated rings. The molecule has 0 spiro atoms. The molecule has 0 saturated carbocycles. The maximum Gasteiger partial charge on any atom is 0.225 e. The van der Waals surface area contributed by atoms with E-state index in [-0.39, 0.29) is 17.9 Å². The Kier molecular flexibility index (Phi) is 4.89. The lowest BCUT2D eigenvalue weighted by Crippen LogP contribution is -2.40. The number of pyridine rings is 1. The van der Waals surface area contributed by atoms with Gasteiger partial charge in [0.05, 0.1) is 12.5 Å². The lowest BCUT2D eigenvalue weighted by molar-refractivity contribution is -0.133. The predicted molar refractivity (Wildman–Crippen MR) is 113 cm³/mol. The molecule has 4 aromatic rings. The molecule has 5 heterocycles. The Morgan fingerprint density at radius 2 is 2.00 bits per heavy atom. The molecule has 0 aliphatic carbocycles. The number of hydrogen-bond donors (Lipinski definition) is 0. The van der Waals surface area contributed by atoms with Gasteiger partial charge in [0.25, 0.3) is 0 Å². The van der Waals surface area contributed by atoms with Crippen LogP contribution in [0.25, 0.3) is 5.65 Å². The van der Waals surface area contributed by atoms with E-state index in [1.807, 2.05) is 58.2 Å². The van der Waals surface area contributed by atoms with Crippen molar-refractivity contribution in [2.45, 2.75) is 31.2 Å². The maximum absolute atomic E-state index is 13.3. The van der Waals surface area contributed by atoms with E-state index in [0.29, 0.717) is 13.0 Å². The Morgan fingerprint density at radius 1 is 1.14 bits per heavy atom. The molecule has 1 aliphatic rings. The van der Waals surface area contributed by atoms with Crippen LogP contribution < -0.4 is 0 Å². The summed E-state index contributed by atoms with van der Waals surface area (Å²) in [5, 5.41) is 12.9. The number of carbonyl (C=O) groups is 1. The number of fused-ring (bicyclic) bond motifs is 1. The molecule has 29 heavy (non-hydrogen) atoms. The van der Waals surface area contributed by atoms with Gasteiger partial charge in [0, 0.05) is 37.6 Å². The summed E-state index contributed by atoms with van der Waals surface area (Å²) in [4.78, 5) is 15.3. The molecule has 1 amide bonds. The smallest absolute Gasteiger partial charge is 0.225 e. The van der Waals surface area contributed by atoms with Crippen LogP contribution in [0.1, 0.15) is 42.6 Å². The second-order valence-corrected chi connectivity index (χ2v) is 8.35. The lowest BCUT2D eigenvalue weighted by atomic mass is 9.96. The van der Waals surface area contributed by atoms with Crippen molar-refractivity contribution in [2.75, 3.05) is 13.1 Å². The highest BCUT2D eigenvalue weighted by Crippen LogP contribution is 2.29. The number of piperidine rings is 1. The van der Waals surface area contributed by atoms with Crippen LogP contribution >= 0.6 is 11.3 Å². The number of rotatable bonds is 5. The fourth-order valence-electron chi connectivity index (χ4n) is 4.26. The number of carbonyl (C=O) groups excluding carboxylic acids is 1. The largest absolute Gasteiger partial charge is 0.346 e. The van der Waals surface area contributed by atoms with Crippen LogP contribution in [0.2, 0.25) is 0 Å². The Morgan fingerprint density at radius 3 is 2.83 bits per heavy atom. The minimum absolute atomic E-state index is 0.0399. The summed E-state index contributed by atoms with van der Waals surface area (Å²) in [6.07, 6.45) is 8.58. The fourth-order valence-corrected chi connectivity index (χ4v) is 4.97. The number of amides is 1. The van der Waals surface area contributed by atoms with E-state index in [0.717, 1.165) is 30.9 Å². The van der Waals surface area contributed by atoms with Crippen molar-refractivity contribution < 1.29 is 4.79 Å². The second-order valence-electron chi connectivity index (χ2n) is 7.57. The molecule has 0 N–H and O–H groups in total. The van der Waals surface area contributed by atoms with Crippen LogP contribution in [-0.2, 0) is 4.79 Å². The molecule has 2 atom stereocenters. The molecule has 0 unspecified atom stereocenters. The van der Waals surface area contributed by atoms with Crippen molar-refractivity contribution in [2.24, 2.45) is 0 Å². The molecule has 1 saturated heterocycles. The first-order valence-corrected chi connectivity index (χ1v) is 11.0. The second kappa shape index (κ2) is 7.83. The zero-order chi connectivity index (χ0) is 19.6. The Labute approximate surface area is 173 Å². The van der Waals surface area contributed by atoms with E-state index in [2.05, 4.69) is 31.6 Å². The average molecular weight is 406 g/mol. The summed E-state index contributed by atoms with van der Waals surface area (Å²) in [5.74, 6) is 1.38. The van der Waals surface area contributed by atoms with Gasteiger partial charge >= 0.3 is 0 Å². The van der Waals surface area contributed by atoms with E-state index in [4.69, 9.17) is 0 Å². The first-order valence-electron chi connectivity index (χ1n) is 10.0. The third kappa shape index (κ3) is 3.58. The van der Waals surface area contributed by atoms with Gasteiger partial charge in [0.2, 0.25) is 5.91 Å². The van der Waals surface area contributed by atoms with Crippen molar-refractivity contribution in [3.05, 3.63) is 77.1 Å². The molecule has 6 nitrogen and oxygen atoms in total. The summed E-state index contributed by atoms with van der Waals surface area (Å²) in [6, 6.07) is 12.1. The fraction of sp³-hybridized carbons (Fsp3) is 0.318. The summed E-state index contributed by atoms with van der Waals surface area (Å²) in [6.45, 7) is 1.52. The highest BCUT2D eigenvalue weighted by atomic mass is 32.1. The van der Waals surface area contributed by atoms with Gasteiger partial charge in [-0.25, -0.2) is 0 Å².